The van der Waals surface area contributed by atoms with E-state index in [0.717, 1.165) is 16.8 Å². The third-order valence-corrected chi connectivity index (χ3v) is 3.69. The molecule has 0 atom stereocenters. The average molecular weight is 307 g/mol. The van der Waals surface area contributed by atoms with Crippen LogP contribution in [0.3, 0.4) is 0 Å². The van der Waals surface area contributed by atoms with Crippen molar-refractivity contribution in [3.63, 3.8) is 0 Å². The highest BCUT2D eigenvalue weighted by atomic mass is 16.5. The van der Waals surface area contributed by atoms with Crippen LogP contribution in [0.2, 0.25) is 0 Å². The van der Waals surface area contributed by atoms with Crippen LogP contribution in [-0.2, 0) is 4.74 Å². The van der Waals surface area contributed by atoms with E-state index in [4.69, 9.17) is 4.74 Å². The van der Waals surface area contributed by atoms with Crippen LogP contribution < -0.4 is 5.43 Å². The van der Waals surface area contributed by atoms with Crippen molar-refractivity contribution in [1.29, 1.82) is 0 Å². The zero-order valence-electron chi connectivity index (χ0n) is 13.1. The first-order valence-corrected chi connectivity index (χ1v) is 7.50. The smallest absolute Gasteiger partial charge is 0.343 e. The largest absolute Gasteiger partial charge is 0.462 e. The molecule has 1 aromatic heterocycles. The molecule has 0 bridgehead atoms. The summed E-state index contributed by atoms with van der Waals surface area (Å²) in [4.78, 5) is 24.7. The maximum absolute atomic E-state index is 12.6. The van der Waals surface area contributed by atoms with Crippen LogP contribution in [0.4, 0.5) is 0 Å². The lowest BCUT2D eigenvalue weighted by Gasteiger charge is -2.13. The predicted octanol–water partition coefficient (Wildman–Crippen LogP) is 3.48. The lowest BCUT2D eigenvalue weighted by molar-refractivity contribution is 0.0524. The number of rotatable bonds is 3. The molecule has 2 aromatic carbocycles. The summed E-state index contributed by atoms with van der Waals surface area (Å²) >= 11 is 0. The summed E-state index contributed by atoms with van der Waals surface area (Å²) in [7, 11) is 0. The van der Waals surface area contributed by atoms with Gasteiger partial charge in [0, 0.05) is 17.3 Å². The minimum Gasteiger partial charge on any atom is -0.462 e. The van der Waals surface area contributed by atoms with Crippen molar-refractivity contribution < 1.29 is 9.53 Å². The first-order valence-electron chi connectivity index (χ1n) is 7.50. The molecule has 0 aliphatic heterocycles. The van der Waals surface area contributed by atoms with Gasteiger partial charge in [0.25, 0.3) is 0 Å². The van der Waals surface area contributed by atoms with Gasteiger partial charge in [0.1, 0.15) is 5.56 Å². The Morgan fingerprint density at radius 2 is 1.91 bits per heavy atom. The van der Waals surface area contributed by atoms with Gasteiger partial charge in [-0.15, -0.1) is 0 Å². The molecule has 3 aromatic rings. The second kappa shape index (κ2) is 6.08. The number of esters is 1. The fourth-order valence-corrected chi connectivity index (χ4v) is 2.62. The first-order chi connectivity index (χ1) is 11.1. The summed E-state index contributed by atoms with van der Waals surface area (Å²) in [5.74, 6) is -0.593. The molecule has 116 valence electrons. The molecule has 0 unspecified atom stereocenters. The van der Waals surface area contributed by atoms with Crippen molar-refractivity contribution in [3.05, 3.63) is 76.1 Å². The fourth-order valence-electron chi connectivity index (χ4n) is 2.62. The number of fused-ring (bicyclic) bond motifs is 1. The molecule has 0 fully saturated rings. The molecule has 0 spiro atoms. The van der Waals surface area contributed by atoms with E-state index in [-0.39, 0.29) is 17.6 Å². The standard InChI is InChI=1S/C19H17NO3/c1-3-23-19(22)16-12-20(14-8-6-7-13(2)11-14)17-10-5-4-9-15(17)18(16)21/h4-12H,3H2,1-2H3. The summed E-state index contributed by atoms with van der Waals surface area (Å²) in [5.41, 5.74) is 2.50. The molecule has 0 radical (unpaired) electrons. The maximum atomic E-state index is 12.6. The molecule has 4 nitrogen and oxygen atoms in total. The van der Waals surface area contributed by atoms with E-state index in [1.807, 2.05) is 47.9 Å². The second-order valence-corrected chi connectivity index (χ2v) is 5.32. The summed E-state index contributed by atoms with van der Waals surface area (Å²) in [6.45, 7) is 3.95. The molecule has 0 aliphatic rings. The number of aryl methyl sites for hydroxylation is 1. The summed E-state index contributed by atoms with van der Waals surface area (Å²) < 4.78 is 6.88. The Labute approximate surface area is 133 Å². The van der Waals surface area contributed by atoms with Crippen LogP contribution in [0.5, 0.6) is 0 Å². The third-order valence-electron chi connectivity index (χ3n) is 3.69. The molecule has 0 saturated heterocycles. The predicted molar refractivity (Wildman–Crippen MR) is 90.2 cm³/mol. The van der Waals surface area contributed by atoms with Gasteiger partial charge < -0.3 is 9.30 Å². The van der Waals surface area contributed by atoms with Crippen LogP contribution in [0.1, 0.15) is 22.8 Å². The molecule has 1 heterocycles. The number of pyridine rings is 1. The van der Waals surface area contributed by atoms with E-state index in [0.29, 0.717) is 5.39 Å². The number of aromatic nitrogens is 1. The van der Waals surface area contributed by atoms with E-state index >= 15 is 0 Å². The molecule has 23 heavy (non-hydrogen) atoms. The third kappa shape index (κ3) is 2.75. The van der Waals surface area contributed by atoms with Gasteiger partial charge in [0.2, 0.25) is 5.43 Å². The van der Waals surface area contributed by atoms with Gasteiger partial charge in [0.15, 0.2) is 0 Å². The second-order valence-electron chi connectivity index (χ2n) is 5.32. The van der Waals surface area contributed by atoms with Gasteiger partial charge >= 0.3 is 5.97 Å². The summed E-state index contributed by atoms with van der Waals surface area (Å²) in [6.07, 6.45) is 1.57. The van der Waals surface area contributed by atoms with Crippen LogP contribution in [0.15, 0.2) is 59.5 Å². The van der Waals surface area contributed by atoms with Gasteiger partial charge in [-0.1, -0.05) is 24.3 Å². The Bertz CT molecular complexity index is 941. The number of para-hydroxylation sites is 1. The van der Waals surface area contributed by atoms with E-state index in [2.05, 4.69) is 0 Å². The number of carbonyl (C=O) groups is 1. The number of nitrogens with zero attached hydrogens (tertiary/aromatic N) is 1. The van der Waals surface area contributed by atoms with E-state index in [1.165, 1.54) is 0 Å². The van der Waals surface area contributed by atoms with Gasteiger partial charge in [-0.2, -0.15) is 0 Å². The van der Waals surface area contributed by atoms with Crippen molar-refractivity contribution >= 4 is 16.9 Å². The van der Waals surface area contributed by atoms with E-state index in [9.17, 15) is 9.59 Å². The van der Waals surface area contributed by atoms with Crippen molar-refractivity contribution in [3.8, 4) is 5.69 Å². The molecule has 3 rings (SSSR count). The molecule has 0 N–H and O–H groups in total. The molecule has 0 saturated carbocycles. The van der Waals surface area contributed by atoms with Gasteiger partial charge in [-0.3, -0.25) is 4.79 Å². The SMILES string of the molecule is CCOC(=O)c1cn(-c2cccc(C)c2)c2ccccc2c1=O. The highest BCUT2D eigenvalue weighted by Crippen LogP contribution is 2.18. The first kappa shape index (κ1) is 15.0. The van der Waals surface area contributed by atoms with Crippen molar-refractivity contribution in [1.82, 2.24) is 4.57 Å². The molecule has 4 heteroatoms. The quantitative estimate of drug-likeness (QED) is 0.696. The zero-order chi connectivity index (χ0) is 16.4. The number of hydrogen-bond acceptors (Lipinski definition) is 3. The number of carbonyl (C=O) groups excluding carboxylic acids is 1. The Morgan fingerprint density at radius 3 is 2.65 bits per heavy atom. The van der Waals surface area contributed by atoms with E-state index < -0.39 is 5.97 Å². The van der Waals surface area contributed by atoms with Crippen LogP contribution in [-0.4, -0.2) is 17.1 Å². The number of ether oxygens (including phenoxy) is 1. The fraction of sp³-hybridized carbons (Fsp3) is 0.158. The minimum absolute atomic E-state index is 0.0482. The Morgan fingerprint density at radius 1 is 1.13 bits per heavy atom. The van der Waals surface area contributed by atoms with Crippen LogP contribution in [0.25, 0.3) is 16.6 Å². The Balaban J connectivity index is 2.34. The molecular weight excluding hydrogens is 290 g/mol. The monoisotopic (exact) mass is 307 g/mol. The summed E-state index contributed by atoms with van der Waals surface area (Å²) in [5, 5.41) is 0.500. The normalized spacial score (nSPS) is 10.7. The van der Waals surface area contributed by atoms with Crippen LogP contribution in [0, 0.1) is 6.92 Å². The lowest BCUT2D eigenvalue weighted by atomic mass is 10.1. The molecular formula is C19H17NO3. The Hall–Kier alpha value is -2.88. The van der Waals surface area contributed by atoms with E-state index in [1.54, 1.807) is 25.3 Å². The topological polar surface area (TPSA) is 48.3 Å². The lowest BCUT2D eigenvalue weighted by Crippen LogP contribution is -2.20. The maximum Gasteiger partial charge on any atom is 0.343 e. The highest BCUT2D eigenvalue weighted by molar-refractivity contribution is 5.94. The van der Waals surface area contributed by atoms with Crippen molar-refractivity contribution in [2.75, 3.05) is 6.61 Å². The van der Waals surface area contributed by atoms with Gasteiger partial charge in [-0.05, 0) is 43.7 Å². The van der Waals surface area contributed by atoms with Gasteiger partial charge in [-0.25, -0.2) is 4.79 Å². The van der Waals surface area contributed by atoms with Gasteiger partial charge in [0.05, 0.1) is 12.1 Å². The van der Waals surface area contributed by atoms with Crippen molar-refractivity contribution in [2.45, 2.75) is 13.8 Å². The average Bonchev–Trinajstić information content (AvgIpc) is 2.55. The zero-order valence-corrected chi connectivity index (χ0v) is 13.1. The van der Waals surface area contributed by atoms with Crippen LogP contribution >= 0.6 is 0 Å². The Kier molecular flexibility index (Phi) is 3.98. The molecule has 0 aliphatic carbocycles. The number of hydrogen-bond donors (Lipinski definition) is 0. The van der Waals surface area contributed by atoms with Crippen molar-refractivity contribution in [2.24, 2.45) is 0 Å². The highest BCUT2D eigenvalue weighted by Gasteiger charge is 2.16. The minimum atomic E-state index is -0.593. The number of benzene rings is 2. The summed E-state index contributed by atoms with van der Waals surface area (Å²) in [6, 6.07) is 15.2. The molecule has 0 amide bonds.